The molecule has 4 heteroatoms. The summed E-state index contributed by atoms with van der Waals surface area (Å²) in [4.78, 5) is 18.8. The van der Waals surface area contributed by atoms with Gasteiger partial charge in [0.1, 0.15) is 5.82 Å². The fourth-order valence-corrected chi connectivity index (χ4v) is 2.13. The van der Waals surface area contributed by atoms with E-state index >= 15 is 0 Å². The van der Waals surface area contributed by atoms with Crippen LogP contribution in [0.3, 0.4) is 0 Å². The molecule has 0 aliphatic carbocycles. The van der Waals surface area contributed by atoms with Gasteiger partial charge >= 0.3 is 0 Å². The Morgan fingerprint density at radius 2 is 1.90 bits per heavy atom. The van der Waals surface area contributed by atoms with Crippen molar-refractivity contribution in [1.29, 1.82) is 0 Å². The quantitative estimate of drug-likeness (QED) is 0.915. The SMILES string of the molecule is CCNc1cc(C(=O)N(C)c2ccccc2)cc(CC)n1. The number of hydrogen-bond donors (Lipinski definition) is 1. The Kier molecular flexibility index (Phi) is 4.93. The summed E-state index contributed by atoms with van der Waals surface area (Å²) in [5.41, 5.74) is 2.45. The van der Waals surface area contributed by atoms with E-state index < -0.39 is 0 Å². The van der Waals surface area contributed by atoms with Gasteiger partial charge in [0.15, 0.2) is 0 Å². The summed E-state index contributed by atoms with van der Waals surface area (Å²) in [7, 11) is 1.79. The summed E-state index contributed by atoms with van der Waals surface area (Å²) < 4.78 is 0. The van der Waals surface area contributed by atoms with Crippen LogP contribution in [0.25, 0.3) is 0 Å². The van der Waals surface area contributed by atoms with Crippen molar-refractivity contribution in [2.45, 2.75) is 20.3 Å². The number of anilines is 2. The molecule has 21 heavy (non-hydrogen) atoms. The highest BCUT2D eigenvalue weighted by atomic mass is 16.2. The molecule has 110 valence electrons. The molecule has 1 amide bonds. The number of para-hydroxylation sites is 1. The van der Waals surface area contributed by atoms with E-state index in [0.717, 1.165) is 30.2 Å². The molecule has 2 aromatic rings. The highest BCUT2D eigenvalue weighted by molar-refractivity contribution is 6.06. The van der Waals surface area contributed by atoms with E-state index in [4.69, 9.17) is 0 Å². The number of nitrogens with one attached hydrogen (secondary N) is 1. The largest absolute Gasteiger partial charge is 0.370 e. The number of hydrogen-bond acceptors (Lipinski definition) is 3. The molecule has 1 heterocycles. The lowest BCUT2D eigenvalue weighted by Gasteiger charge is -2.18. The van der Waals surface area contributed by atoms with Crippen LogP contribution in [0, 0.1) is 0 Å². The summed E-state index contributed by atoms with van der Waals surface area (Å²) in [5.74, 6) is 0.721. The zero-order valence-corrected chi connectivity index (χ0v) is 12.8. The molecule has 0 aliphatic heterocycles. The molecule has 1 N–H and O–H groups in total. The van der Waals surface area contributed by atoms with E-state index in [9.17, 15) is 4.79 Å². The molecular formula is C17H21N3O. The normalized spacial score (nSPS) is 10.2. The van der Waals surface area contributed by atoms with Crippen LogP contribution >= 0.6 is 0 Å². The van der Waals surface area contributed by atoms with Crippen molar-refractivity contribution in [2.24, 2.45) is 0 Å². The number of amides is 1. The summed E-state index contributed by atoms with van der Waals surface area (Å²) in [6, 6.07) is 13.3. The van der Waals surface area contributed by atoms with Crippen molar-refractivity contribution in [1.82, 2.24) is 4.98 Å². The van der Waals surface area contributed by atoms with E-state index in [1.807, 2.05) is 56.3 Å². The molecule has 0 saturated carbocycles. The fourth-order valence-electron chi connectivity index (χ4n) is 2.13. The monoisotopic (exact) mass is 283 g/mol. The zero-order chi connectivity index (χ0) is 15.2. The number of pyridine rings is 1. The smallest absolute Gasteiger partial charge is 0.258 e. The molecule has 2 rings (SSSR count). The first kappa shape index (κ1) is 15.0. The number of aromatic nitrogens is 1. The van der Waals surface area contributed by atoms with Gasteiger partial charge in [0.25, 0.3) is 5.91 Å². The van der Waals surface area contributed by atoms with Crippen molar-refractivity contribution in [3.05, 3.63) is 53.7 Å². The minimum absolute atomic E-state index is 0.0301. The summed E-state index contributed by atoms with van der Waals surface area (Å²) >= 11 is 0. The van der Waals surface area contributed by atoms with Crippen LogP contribution in [0.4, 0.5) is 11.5 Å². The minimum atomic E-state index is -0.0301. The molecule has 1 aromatic heterocycles. The van der Waals surface area contributed by atoms with E-state index in [0.29, 0.717) is 5.56 Å². The number of benzene rings is 1. The van der Waals surface area contributed by atoms with E-state index in [-0.39, 0.29) is 5.91 Å². The van der Waals surface area contributed by atoms with Crippen LogP contribution in [0.2, 0.25) is 0 Å². The first-order chi connectivity index (χ1) is 10.2. The average molecular weight is 283 g/mol. The number of aryl methyl sites for hydroxylation is 1. The predicted molar refractivity (Wildman–Crippen MR) is 87.0 cm³/mol. The van der Waals surface area contributed by atoms with Gasteiger partial charge in [0.2, 0.25) is 0 Å². The lowest BCUT2D eigenvalue weighted by atomic mass is 10.1. The number of carbonyl (C=O) groups excluding carboxylic acids is 1. The molecular weight excluding hydrogens is 262 g/mol. The summed E-state index contributed by atoms with van der Waals surface area (Å²) in [6.45, 7) is 4.83. The third kappa shape index (κ3) is 3.60. The molecule has 1 aromatic carbocycles. The lowest BCUT2D eigenvalue weighted by molar-refractivity contribution is 0.0993. The van der Waals surface area contributed by atoms with Gasteiger partial charge in [-0.25, -0.2) is 4.98 Å². The van der Waals surface area contributed by atoms with Crippen molar-refractivity contribution >= 4 is 17.4 Å². The second-order valence-corrected chi connectivity index (χ2v) is 4.82. The standard InChI is InChI=1S/C17H21N3O/c1-4-14-11-13(12-16(19-14)18-5-2)17(21)20(3)15-9-7-6-8-10-15/h6-12H,4-5H2,1-3H3,(H,18,19). The Balaban J connectivity index is 2.31. The molecule has 0 atom stereocenters. The van der Waals surface area contributed by atoms with Gasteiger partial charge in [-0.1, -0.05) is 25.1 Å². The molecule has 0 radical (unpaired) electrons. The molecule has 4 nitrogen and oxygen atoms in total. The van der Waals surface area contributed by atoms with E-state index in [1.54, 1.807) is 11.9 Å². The average Bonchev–Trinajstić information content (AvgIpc) is 2.54. The van der Waals surface area contributed by atoms with Crippen molar-refractivity contribution < 1.29 is 4.79 Å². The van der Waals surface area contributed by atoms with Gasteiger partial charge in [-0.2, -0.15) is 0 Å². The first-order valence-corrected chi connectivity index (χ1v) is 7.23. The van der Waals surface area contributed by atoms with E-state index in [1.165, 1.54) is 0 Å². The van der Waals surface area contributed by atoms with Crippen LogP contribution in [-0.2, 0) is 6.42 Å². The summed E-state index contributed by atoms with van der Waals surface area (Å²) in [6.07, 6.45) is 0.800. The minimum Gasteiger partial charge on any atom is -0.370 e. The van der Waals surface area contributed by atoms with Crippen molar-refractivity contribution in [3.63, 3.8) is 0 Å². The fraction of sp³-hybridized carbons (Fsp3) is 0.294. The molecule has 0 spiro atoms. The number of carbonyl (C=O) groups is 1. The molecule has 0 bridgehead atoms. The Morgan fingerprint density at radius 3 is 2.52 bits per heavy atom. The first-order valence-electron chi connectivity index (χ1n) is 7.23. The highest BCUT2D eigenvalue weighted by Gasteiger charge is 2.15. The zero-order valence-electron chi connectivity index (χ0n) is 12.8. The topological polar surface area (TPSA) is 45.2 Å². The Morgan fingerprint density at radius 1 is 1.19 bits per heavy atom. The lowest BCUT2D eigenvalue weighted by Crippen LogP contribution is -2.26. The van der Waals surface area contributed by atoms with Crippen LogP contribution in [0.1, 0.15) is 29.9 Å². The van der Waals surface area contributed by atoms with Crippen LogP contribution in [-0.4, -0.2) is 24.5 Å². The van der Waals surface area contributed by atoms with Gasteiger partial charge in [0.05, 0.1) is 0 Å². The maximum Gasteiger partial charge on any atom is 0.258 e. The molecule has 0 unspecified atom stereocenters. The van der Waals surface area contributed by atoms with Crippen LogP contribution < -0.4 is 10.2 Å². The Bertz CT molecular complexity index is 611. The van der Waals surface area contributed by atoms with E-state index in [2.05, 4.69) is 10.3 Å². The maximum absolute atomic E-state index is 12.6. The van der Waals surface area contributed by atoms with Crippen molar-refractivity contribution in [3.8, 4) is 0 Å². The molecule has 0 aliphatic rings. The Labute approximate surface area is 125 Å². The molecule has 0 saturated heterocycles. The summed E-state index contributed by atoms with van der Waals surface area (Å²) in [5, 5.41) is 3.17. The predicted octanol–water partition coefficient (Wildman–Crippen LogP) is 3.35. The van der Waals surface area contributed by atoms with Gasteiger partial charge in [-0.15, -0.1) is 0 Å². The number of rotatable bonds is 5. The molecule has 0 fully saturated rings. The third-order valence-corrected chi connectivity index (χ3v) is 3.29. The maximum atomic E-state index is 12.6. The third-order valence-electron chi connectivity index (χ3n) is 3.29. The second kappa shape index (κ2) is 6.88. The van der Waals surface area contributed by atoms with Crippen LogP contribution in [0.15, 0.2) is 42.5 Å². The van der Waals surface area contributed by atoms with Gasteiger partial charge in [-0.3, -0.25) is 4.79 Å². The van der Waals surface area contributed by atoms with Gasteiger partial charge in [-0.05, 0) is 37.6 Å². The van der Waals surface area contributed by atoms with Gasteiger partial charge in [0, 0.05) is 30.5 Å². The highest BCUT2D eigenvalue weighted by Crippen LogP contribution is 2.17. The van der Waals surface area contributed by atoms with Crippen LogP contribution in [0.5, 0.6) is 0 Å². The number of nitrogens with zero attached hydrogens (tertiary/aromatic N) is 2. The Hall–Kier alpha value is -2.36. The van der Waals surface area contributed by atoms with Crippen molar-refractivity contribution in [2.75, 3.05) is 23.8 Å². The second-order valence-electron chi connectivity index (χ2n) is 4.82. The van der Waals surface area contributed by atoms with Gasteiger partial charge < -0.3 is 10.2 Å².